The summed E-state index contributed by atoms with van der Waals surface area (Å²) in [6.07, 6.45) is 2.78. The monoisotopic (exact) mass is 315 g/mol. The molecule has 0 saturated carbocycles. The summed E-state index contributed by atoms with van der Waals surface area (Å²) >= 11 is 0. The number of hydrogen-bond donors (Lipinski definition) is 1. The Morgan fingerprint density at radius 2 is 2.09 bits per heavy atom. The first-order valence-corrected chi connectivity index (χ1v) is 8.11. The smallest absolute Gasteiger partial charge is 0.410 e. The van der Waals surface area contributed by atoms with Crippen molar-refractivity contribution in [2.24, 2.45) is 7.05 Å². The fourth-order valence-corrected chi connectivity index (χ4v) is 2.98. The maximum atomic E-state index is 12.1. The zero-order valence-corrected chi connectivity index (χ0v) is 14.3. The Labute approximate surface area is 137 Å². The van der Waals surface area contributed by atoms with Crippen LogP contribution in [0.3, 0.4) is 0 Å². The van der Waals surface area contributed by atoms with E-state index in [0.29, 0.717) is 6.54 Å². The van der Waals surface area contributed by atoms with Crippen LogP contribution in [-0.2, 0) is 11.8 Å². The number of carbonyl (C=O) groups is 1. The van der Waals surface area contributed by atoms with Gasteiger partial charge in [0.1, 0.15) is 5.60 Å². The number of fused-ring (bicyclic) bond motifs is 1. The molecule has 0 aliphatic carbocycles. The van der Waals surface area contributed by atoms with Crippen molar-refractivity contribution >= 4 is 22.7 Å². The van der Waals surface area contributed by atoms with Crippen LogP contribution in [0.4, 0.5) is 10.5 Å². The minimum Gasteiger partial charge on any atom is -0.444 e. The van der Waals surface area contributed by atoms with Gasteiger partial charge in [-0.15, -0.1) is 0 Å². The van der Waals surface area contributed by atoms with Gasteiger partial charge in [-0.05, 0) is 51.5 Å². The van der Waals surface area contributed by atoms with Gasteiger partial charge in [-0.1, -0.05) is 0 Å². The van der Waals surface area contributed by atoms with E-state index in [0.717, 1.165) is 18.7 Å². The molecule has 1 atom stereocenters. The van der Waals surface area contributed by atoms with Crippen molar-refractivity contribution in [2.45, 2.75) is 38.8 Å². The van der Waals surface area contributed by atoms with Crippen LogP contribution < -0.4 is 5.32 Å². The van der Waals surface area contributed by atoms with Crippen LogP contribution in [0.5, 0.6) is 0 Å². The fourth-order valence-electron chi connectivity index (χ4n) is 2.98. The van der Waals surface area contributed by atoms with E-state index >= 15 is 0 Å². The second kappa shape index (κ2) is 5.80. The fraction of sp³-hybridized carbons (Fsp3) is 0.500. The summed E-state index contributed by atoms with van der Waals surface area (Å²) in [5.74, 6) is 0. The third kappa shape index (κ3) is 3.60. The molecule has 1 aliphatic rings. The molecule has 3 rings (SSSR count). The van der Waals surface area contributed by atoms with E-state index in [2.05, 4.69) is 40.3 Å². The van der Waals surface area contributed by atoms with Crippen LogP contribution in [0.15, 0.2) is 30.5 Å². The zero-order chi connectivity index (χ0) is 16.6. The largest absolute Gasteiger partial charge is 0.444 e. The van der Waals surface area contributed by atoms with E-state index in [9.17, 15) is 4.79 Å². The Morgan fingerprint density at radius 3 is 2.83 bits per heavy atom. The molecule has 0 bridgehead atoms. The molecule has 0 spiro atoms. The first-order valence-electron chi connectivity index (χ1n) is 8.11. The Kier molecular flexibility index (Phi) is 3.96. The number of aryl methyl sites for hydroxylation is 1. The molecule has 23 heavy (non-hydrogen) atoms. The third-order valence-corrected chi connectivity index (χ3v) is 4.10. The molecule has 2 aromatic rings. The molecule has 1 aliphatic heterocycles. The van der Waals surface area contributed by atoms with Gasteiger partial charge in [0.25, 0.3) is 0 Å². The van der Waals surface area contributed by atoms with Crippen LogP contribution in [0.25, 0.3) is 10.9 Å². The zero-order valence-electron chi connectivity index (χ0n) is 14.3. The van der Waals surface area contributed by atoms with E-state index < -0.39 is 5.60 Å². The lowest BCUT2D eigenvalue weighted by Gasteiger charge is -2.24. The standard InChI is InChI=1S/C18H25N3O2/c1-18(2,3)23-17(22)21-10-8-15(12-21)19-14-5-6-16-13(11-14)7-9-20(16)4/h5-7,9,11,15,19H,8,10,12H2,1-4H3. The van der Waals surface area contributed by atoms with Gasteiger partial charge in [0.2, 0.25) is 0 Å². The van der Waals surface area contributed by atoms with Gasteiger partial charge in [-0.3, -0.25) is 0 Å². The lowest BCUT2D eigenvalue weighted by molar-refractivity contribution is 0.0293. The highest BCUT2D eigenvalue weighted by Gasteiger charge is 2.29. The van der Waals surface area contributed by atoms with Crippen molar-refractivity contribution in [3.63, 3.8) is 0 Å². The molecule has 2 heterocycles. The number of likely N-dealkylation sites (tertiary alicyclic amines) is 1. The predicted molar refractivity (Wildman–Crippen MR) is 92.8 cm³/mol. The Bertz CT molecular complexity index is 715. The van der Waals surface area contributed by atoms with Crippen LogP contribution in [0.2, 0.25) is 0 Å². The molecule has 1 saturated heterocycles. The van der Waals surface area contributed by atoms with Crippen molar-refractivity contribution in [3.05, 3.63) is 30.5 Å². The highest BCUT2D eigenvalue weighted by atomic mass is 16.6. The minimum atomic E-state index is -0.444. The van der Waals surface area contributed by atoms with Crippen LogP contribution in [0.1, 0.15) is 27.2 Å². The third-order valence-electron chi connectivity index (χ3n) is 4.10. The van der Waals surface area contributed by atoms with Crippen LogP contribution in [-0.4, -0.2) is 40.3 Å². The highest BCUT2D eigenvalue weighted by molar-refractivity contribution is 5.83. The number of carbonyl (C=O) groups excluding carboxylic acids is 1. The number of hydrogen-bond acceptors (Lipinski definition) is 3. The molecule has 1 N–H and O–H groups in total. The van der Waals surface area contributed by atoms with Gasteiger partial charge in [0.05, 0.1) is 0 Å². The second-order valence-corrected chi connectivity index (χ2v) is 7.26. The van der Waals surface area contributed by atoms with Crippen molar-refractivity contribution < 1.29 is 9.53 Å². The van der Waals surface area contributed by atoms with Crippen molar-refractivity contribution in [2.75, 3.05) is 18.4 Å². The number of anilines is 1. The molecule has 1 amide bonds. The van der Waals surface area contributed by atoms with Gasteiger partial charge in [0.15, 0.2) is 0 Å². The number of aromatic nitrogens is 1. The van der Waals surface area contributed by atoms with Gasteiger partial charge >= 0.3 is 6.09 Å². The molecule has 1 aromatic heterocycles. The van der Waals surface area contributed by atoms with E-state index in [1.54, 1.807) is 4.90 Å². The Balaban J connectivity index is 1.61. The van der Waals surface area contributed by atoms with E-state index in [1.165, 1.54) is 10.9 Å². The van der Waals surface area contributed by atoms with Gasteiger partial charge in [-0.25, -0.2) is 4.79 Å². The van der Waals surface area contributed by atoms with Gasteiger partial charge < -0.3 is 19.5 Å². The second-order valence-electron chi connectivity index (χ2n) is 7.26. The summed E-state index contributed by atoms with van der Waals surface area (Å²) in [7, 11) is 2.05. The predicted octanol–water partition coefficient (Wildman–Crippen LogP) is 3.60. The van der Waals surface area contributed by atoms with Crippen LogP contribution in [0, 0.1) is 0 Å². The summed E-state index contributed by atoms with van der Waals surface area (Å²) in [5, 5.41) is 4.75. The first kappa shape index (κ1) is 15.7. The molecule has 1 unspecified atom stereocenters. The molecule has 0 radical (unpaired) electrons. The molecule has 1 aromatic carbocycles. The van der Waals surface area contributed by atoms with E-state index in [-0.39, 0.29) is 12.1 Å². The topological polar surface area (TPSA) is 46.5 Å². The molecule has 124 valence electrons. The number of benzene rings is 1. The van der Waals surface area contributed by atoms with Gasteiger partial charge in [0, 0.05) is 49.0 Å². The summed E-state index contributed by atoms with van der Waals surface area (Å²) in [5.41, 5.74) is 1.87. The van der Waals surface area contributed by atoms with Crippen LogP contribution >= 0.6 is 0 Å². The molecule has 5 nitrogen and oxygen atoms in total. The number of rotatable bonds is 2. The van der Waals surface area contributed by atoms with Crippen molar-refractivity contribution in [1.29, 1.82) is 0 Å². The summed E-state index contributed by atoms with van der Waals surface area (Å²) in [6.45, 7) is 7.10. The SMILES string of the molecule is Cn1ccc2cc(NC3CCN(C(=O)OC(C)(C)C)C3)ccc21. The van der Waals surface area contributed by atoms with Crippen molar-refractivity contribution in [3.8, 4) is 0 Å². The minimum absolute atomic E-state index is 0.222. The normalized spacial score (nSPS) is 18.4. The molecular formula is C18H25N3O2. The molecular weight excluding hydrogens is 290 g/mol. The van der Waals surface area contributed by atoms with E-state index in [4.69, 9.17) is 4.74 Å². The average molecular weight is 315 g/mol. The van der Waals surface area contributed by atoms with E-state index in [1.807, 2.05) is 27.8 Å². The maximum Gasteiger partial charge on any atom is 0.410 e. The lowest BCUT2D eigenvalue weighted by Crippen LogP contribution is -2.36. The Hall–Kier alpha value is -2.17. The Morgan fingerprint density at radius 1 is 1.30 bits per heavy atom. The number of nitrogens with one attached hydrogen (secondary N) is 1. The number of nitrogens with zero attached hydrogens (tertiary/aromatic N) is 2. The average Bonchev–Trinajstić information content (AvgIpc) is 3.05. The summed E-state index contributed by atoms with van der Waals surface area (Å²) in [6, 6.07) is 8.76. The summed E-state index contributed by atoms with van der Waals surface area (Å²) in [4.78, 5) is 13.9. The maximum absolute atomic E-state index is 12.1. The molecule has 1 fully saturated rings. The first-order chi connectivity index (χ1) is 10.8. The number of ether oxygens (including phenoxy) is 1. The quantitative estimate of drug-likeness (QED) is 0.921. The van der Waals surface area contributed by atoms with Gasteiger partial charge in [-0.2, -0.15) is 0 Å². The summed E-state index contributed by atoms with van der Waals surface area (Å²) < 4.78 is 7.55. The van der Waals surface area contributed by atoms with Crippen molar-refractivity contribution in [1.82, 2.24) is 9.47 Å². The number of amides is 1. The lowest BCUT2D eigenvalue weighted by atomic mass is 10.2. The highest BCUT2D eigenvalue weighted by Crippen LogP contribution is 2.23. The molecule has 5 heteroatoms.